The van der Waals surface area contributed by atoms with Crippen molar-refractivity contribution < 1.29 is 9.59 Å². The molecule has 5 nitrogen and oxygen atoms in total. The van der Waals surface area contributed by atoms with Gasteiger partial charge in [-0.25, -0.2) is 0 Å². The number of nitrogens with two attached hydrogens (primary N) is 1. The zero-order chi connectivity index (χ0) is 16.4. The Labute approximate surface area is 141 Å². The van der Waals surface area contributed by atoms with Crippen molar-refractivity contribution in [2.45, 2.75) is 44.2 Å². The van der Waals surface area contributed by atoms with Gasteiger partial charge in [0.2, 0.25) is 11.8 Å². The van der Waals surface area contributed by atoms with E-state index in [1.165, 1.54) is 0 Å². The molecule has 3 atom stereocenters. The van der Waals surface area contributed by atoms with E-state index in [4.69, 9.17) is 17.3 Å². The Morgan fingerprint density at radius 1 is 1.26 bits per heavy atom. The summed E-state index contributed by atoms with van der Waals surface area (Å²) in [5.74, 6) is 0.124. The molecule has 23 heavy (non-hydrogen) atoms. The summed E-state index contributed by atoms with van der Waals surface area (Å²) < 4.78 is 0. The first kappa shape index (κ1) is 16.3. The normalized spacial score (nSPS) is 27.5. The molecule has 124 valence electrons. The van der Waals surface area contributed by atoms with Crippen LogP contribution in [0.25, 0.3) is 0 Å². The molecule has 1 aromatic carbocycles. The fourth-order valence-corrected chi connectivity index (χ4v) is 3.63. The molecule has 0 spiro atoms. The second kappa shape index (κ2) is 6.89. The average molecular weight is 336 g/mol. The van der Waals surface area contributed by atoms with Crippen LogP contribution >= 0.6 is 11.6 Å². The van der Waals surface area contributed by atoms with Gasteiger partial charge in [0.05, 0.1) is 0 Å². The largest absolute Gasteiger partial charge is 0.344 e. The lowest BCUT2D eigenvalue weighted by atomic mass is 9.99. The number of amides is 2. The second-order valence-electron chi connectivity index (χ2n) is 6.43. The number of hydrogen-bond acceptors (Lipinski definition) is 3. The van der Waals surface area contributed by atoms with Gasteiger partial charge in [0.1, 0.15) is 6.04 Å². The zero-order valence-electron chi connectivity index (χ0n) is 13.0. The third kappa shape index (κ3) is 3.67. The summed E-state index contributed by atoms with van der Waals surface area (Å²) >= 11 is 5.87. The van der Waals surface area contributed by atoms with Crippen molar-refractivity contribution in [3.63, 3.8) is 0 Å². The summed E-state index contributed by atoms with van der Waals surface area (Å²) in [4.78, 5) is 26.4. The second-order valence-corrected chi connectivity index (χ2v) is 6.87. The third-order valence-electron chi connectivity index (χ3n) is 4.84. The summed E-state index contributed by atoms with van der Waals surface area (Å²) in [7, 11) is 0. The molecule has 1 aromatic rings. The van der Waals surface area contributed by atoms with Crippen LogP contribution in [0.1, 0.15) is 32.1 Å². The van der Waals surface area contributed by atoms with Gasteiger partial charge in [0, 0.05) is 29.7 Å². The van der Waals surface area contributed by atoms with Crippen LogP contribution in [-0.4, -0.2) is 30.4 Å². The van der Waals surface area contributed by atoms with Gasteiger partial charge in [0.25, 0.3) is 0 Å². The average Bonchev–Trinajstić information content (AvgIpc) is 3.08. The van der Waals surface area contributed by atoms with Gasteiger partial charge in [-0.1, -0.05) is 18.0 Å². The lowest BCUT2D eigenvalue weighted by molar-refractivity contribution is -0.127. The summed E-state index contributed by atoms with van der Waals surface area (Å²) in [5.41, 5.74) is 6.82. The lowest BCUT2D eigenvalue weighted by Crippen LogP contribution is -2.42. The predicted octanol–water partition coefficient (Wildman–Crippen LogP) is 2.08. The van der Waals surface area contributed by atoms with E-state index >= 15 is 0 Å². The zero-order valence-corrected chi connectivity index (χ0v) is 13.8. The maximum atomic E-state index is 12.5. The van der Waals surface area contributed by atoms with Crippen molar-refractivity contribution >= 4 is 29.1 Å². The Morgan fingerprint density at radius 2 is 2.00 bits per heavy atom. The molecule has 3 N–H and O–H groups in total. The van der Waals surface area contributed by atoms with Gasteiger partial charge >= 0.3 is 0 Å². The van der Waals surface area contributed by atoms with E-state index in [-0.39, 0.29) is 23.8 Å². The minimum atomic E-state index is -0.434. The molecule has 6 heteroatoms. The van der Waals surface area contributed by atoms with Crippen LogP contribution < -0.4 is 16.0 Å². The van der Waals surface area contributed by atoms with Crippen LogP contribution in [0.4, 0.5) is 5.69 Å². The maximum Gasteiger partial charge on any atom is 0.249 e. The molecule has 2 fully saturated rings. The van der Waals surface area contributed by atoms with Gasteiger partial charge < -0.3 is 16.0 Å². The highest BCUT2D eigenvalue weighted by molar-refractivity contribution is 6.30. The molecule has 1 saturated heterocycles. The van der Waals surface area contributed by atoms with Crippen molar-refractivity contribution in [3.05, 3.63) is 29.3 Å². The van der Waals surface area contributed by atoms with Crippen LogP contribution in [0, 0.1) is 5.92 Å². The van der Waals surface area contributed by atoms with Crippen molar-refractivity contribution in [2.24, 2.45) is 11.7 Å². The van der Waals surface area contributed by atoms with Crippen LogP contribution in [0.2, 0.25) is 5.02 Å². The SMILES string of the molecule is N[C@@H]1CCC[C@H]1CC(=O)NC1CCN(c2ccc(Cl)cc2)C1=O. The molecule has 1 heterocycles. The van der Waals surface area contributed by atoms with Crippen LogP contribution in [-0.2, 0) is 9.59 Å². The monoisotopic (exact) mass is 335 g/mol. The first-order valence-corrected chi connectivity index (χ1v) is 8.54. The van der Waals surface area contributed by atoms with E-state index in [2.05, 4.69) is 5.32 Å². The highest BCUT2D eigenvalue weighted by Crippen LogP contribution is 2.27. The van der Waals surface area contributed by atoms with Crippen molar-refractivity contribution in [1.29, 1.82) is 0 Å². The molecule has 0 bridgehead atoms. The number of benzene rings is 1. The van der Waals surface area contributed by atoms with Crippen molar-refractivity contribution in [3.8, 4) is 0 Å². The first-order valence-electron chi connectivity index (χ1n) is 8.16. The Kier molecular flexibility index (Phi) is 4.87. The first-order chi connectivity index (χ1) is 11.0. The summed E-state index contributed by atoms with van der Waals surface area (Å²) in [6, 6.07) is 6.85. The van der Waals surface area contributed by atoms with Gasteiger partial charge in [-0.3, -0.25) is 9.59 Å². The number of carbonyl (C=O) groups excluding carboxylic acids is 2. The number of nitrogens with zero attached hydrogens (tertiary/aromatic N) is 1. The van der Waals surface area contributed by atoms with Gasteiger partial charge in [-0.05, 0) is 49.4 Å². The van der Waals surface area contributed by atoms with E-state index in [0.29, 0.717) is 24.4 Å². The predicted molar refractivity (Wildman–Crippen MR) is 90.3 cm³/mol. The highest BCUT2D eigenvalue weighted by atomic mass is 35.5. The third-order valence-corrected chi connectivity index (χ3v) is 5.10. The molecule has 1 unspecified atom stereocenters. The fraction of sp³-hybridized carbons (Fsp3) is 0.529. The van der Waals surface area contributed by atoms with E-state index in [9.17, 15) is 9.59 Å². The minimum absolute atomic E-state index is 0.0589. The maximum absolute atomic E-state index is 12.5. The topological polar surface area (TPSA) is 75.4 Å². The number of hydrogen-bond donors (Lipinski definition) is 2. The van der Waals surface area contributed by atoms with Crippen molar-refractivity contribution in [2.75, 3.05) is 11.4 Å². The van der Waals surface area contributed by atoms with E-state index in [1.807, 2.05) is 12.1 Å². The van der Waals surface area contributed by atoms with E-state index < -0.39 is 6.04 Å². The smallest absolute Gasteiger partial charge is 0.249 e. The Balaban J connectivity index is 1.56. The summed E-state index contributed by atoms with van der Waals surface area (Å²) in [6.45, 7) is 0.606. The summed E-state index contributed by atoms with van der Waals surface area (Å²) in [5, 5.41) is 3.51. The number of halogens is 1. The number of carbonyl (C=O) groups is 2. The summed E-state index contributed by atoms with van der Waals surface area (Å²) in [6.07, 6.45) is 4.14. The lowest BCUT2D eigenvalue weighted by Gasteiger charge is -2.19. The molecule has 0 aromatic heterocycles. The van der Waals surface area contributed by atoms with E-state index in [1.54, 1.807) is 17.0 Å². The Hall–Kier alpha value is -1.59. The quantitative estimate of drug-likeness (QED) is 0.884. The Bertz CT molecular complexity index is 590. The number of rotatable bonds is 4. The molecule has 3 rings (SSSR count). The van der Waals surface area contributed by atoms with Gasteiger partial charge in [0.15, 0.2) is 0 Å². The molecule has 1 aliphatic heterocycles. The molecule has 2 aliphatic rings. The minimum Gasteiger partial charge on any atom is -0.344 e. The van der Waals surface area contributed by atoms with Crippen LogP contribution in [0.5, 0.6) is 0 Å². The molecular weight excluding hydrogens is 314 g/mol. The van der Waals surface area contributed by atoms with Gasteiger partial charge in [-0.15, -0.1) is 0 Å². The van der Waals surface area contributed by atoms with E-state index in [0.717, 1.165) is 24.9 Å². The molecule has 1 aliphatic carbocycles. The number of nitrogens with one attached hydrogen (secondary N) is 1. The van der Waals surface area contributed by atoms with Crippen molar-refractivity contribution in [1.82, 2.24) is 5.32 Å². The highest BCUT2D eigenvalue weighted by Gasteiger charge is 2.34. The number of anilines is 1. The fourth-order valence-electron chi connectivity index (χ4n) is 3.50. The van der Waals surface area contributed by atoms with Crippen LogP contribution in [0.15, 0.2) is 24.3 Å². The van der Waals surface area contributed by atoms with Crippen LogP contribution in [0.3, 0.4) is 0 Å². The Morgan fingerprint density at radius 3 is 2.65 bits per heavy atom. The molecule has 1 saturated carbocycles. The molecule has 2 amide bonds. The molecule has 0 radical (unpaired) electrons. The molecular formula is C17H22ClN3O2. The van der Waals surface area contributed by atoms with Gasteiger partial charge in [-0.2, -0.15) is 0 Å². The standard InChI is InChI=1S/C17H22ClN3O2/c18-12-4-6-13(7-5-12)21-9-8-15(17(21)23)20-16(22)10-11-2-1-3-14(11)19/h4-7,11,14-15H,1-3,8-10,19H2,(H,20,22)/t11-,14+,15?/m0/s1.